The fourth-order valence-corrected chi connectivity index (χ4v) is 6.45. The normalized spacial score (nSPS) is 16.4. The third kappa shape index (κ3) is 4.86. The summed E-state index contributed by atoms with van der Waals surface area (Å²) in [5.41, 5.74) is 0.839. The van der Waals surface area contributed by atoms with Crippen molar-refractivity contribution in [2.24, 2.45) is 0 Å². The molecule has 0 saturated heterocycles. The number of halogens is 3. The fraction of sp³-hybridized carbons (Fsp3) is 0.200. The molecule has 8 nitrogen and oxygen atoms in total. The maximum absolute atomic E-state index is 13.5. The minimum Gasteiger partial charge on any atom is -0.315 e. The summed E-state index contributed by atoms with van der Waals surface area (Å²) in [6, 6.07) is 10.0. The Balaban J connectivity index is 1.89. The van der Waals surface area contributed by atoms with Crippen molar-refractivity contribution in [2.75, 3.05) is 11.9 Å². The lowest BCUT2D eigenvalue weighted by atomic mass is 9.93. The molecule has 0 radical (unpaired) electrons. The molecule has 1 unspecified atom stereocenters. The van der Waals surface area contributed by atoms with Crippen LogP contribution < -0.4 is 4.90 Å². The van der Waals surface area contributed by atoms with Crippen molar-refractivity contribution in [1.29, 1.82) is 10.5 Å². The second-order valence-corrected chi connectivity index (χ2v) is 11.1. The minimum absolute atomic E-state index is 0.0423. The second kappa shape index (κ2) is 9.93. The van der Waals surface area contributed by atoms with Gasteiger partial charge in [0.25, 0.3) is 0 Å². The van der Waals surface area contributed by atoms with Gasteiger partial charge >= 0.3 is 12.2 Å². The zero-order chi connectivity index (χ0) is 27.8. The summed E-state index contributed by atoms with van der Waals surface area (Å²) in [4.78, 5) is 19.3. The summed E-state index contributed by atoms with van der Waals surface area (Å²) in [5, 5.41) is 21.0. The van der Waals surface area contributed by atoms with Crippen molar-refractivity contribution < 1.29 is 26.4 Å². The predicted molar refractivity (Wildman–Crippen MR) is 132 cm³/mol. The Kier molecular flexibility index (Phi) is 7.02. The molecule has 1 aliphatic rings. The lowest BCUT2D eigenvalue weighted by Gasteiger charge is -2.40. The van der Waals surface area contributed by atoms with Gasteiger partial charge in [-0.3, -0.25) is 4.90 Å². The summed E-state index contributed by atoms with van der Waals surface area (Å²) < 4.78 is 66.9. The number of sulfone groups is 1. The molecule has 0 N–H and O–H groups in total. The number of nitriles is 2. The van der Waals surface area contributed by atoms with Gasteiger partial charge in [0.15, 0.2) is 9.84 Å². The smallest absolute Gasteiger partial charge is 0.315 e. The van der Waals surface area contributed by atoms with E-state index in [0.717, 1.165) is 28.0 Å². The van der Waals surface area contributed by atoms with Crippen LogP contribution in [0.5, 0.6) is 0 Å². The molecule has 4 rings (SSSR count). The Morgan fingerprint density at radius 3 is 2.47 bits per heavy atom. The maximum Gasteiger partial charge on any atom is 0.416 e. The number of alkyl halides is 3. The van der Waals surface area contributed by atoms with Crippen molar-refractivity contribution in [1.82, 2.24) is 9.88 Å². The molecule has 2 heterocycles. The van der Waals surface area contributed by atoms with Gasteiger partial charge in [0.1, 0.15) is 0 Å². The van der Waals surface area contributed by atoms with Gasteiger partial charge < -0.3 is 4.90 Å². The molecule has 2 aromatic carbocycles. The van der Waals surface area contributed by atoms with E-state index in [1.807, 2.05) is 12.1 Å². The first kappa shape index (κ1) is 26.9. The Morgan fingerprint density at radius 1 is 1.13 bits per heavy atom. The number of carbonyl (C=O) groups is 1. The molecule has 194 valence electrons. The van der Waals surface area contributed by atoms with Crippen molar-refractivity contribution in [3.63, 3.8) is 0 Å². The van der Waals surface area contributed by atoms with Crippen LogP contribution in [0.15, 0.2) is 69.5 Å². The van der Waals surface area contributed by atoms with Gasteiger partial charge in [0.2, 0.25) is 0 Å². The van der Waals surface area contributed by atoms with Gasteiger partial charge in [-0.2, -0.15) is 23.7 Å². The average Bonchev–Trinajstić information content (AvgIpc) is 3.38. The summed E-state index contributed by atoms with van der Waals surface area (Å²) in [5.74, 6) is -0.469. The molecule has 0 fully saturated rings. The topological polar surface area (TPSA) is 118 Å². The number of nitrogens with zero attached hydrogens (tertiary/aromatic N) is 5. The zero-order valence-corrected chi connectivity index (χ0v) is 21.5. The summed E-state index contributed by atoms with van der Waals surface area (Å²) in [6.45, 7) is 1.41. The highest BCUT2D eigenvalue weighted by Crippen LogP contribution is 2.42. The summed E-state index contributed by atoms with van der Waals surface area (Å²) in [7, 11) is -2.76. The Bertz CT molecular complexity index is 1640. The Morgan fingerprint density at radius 2 is 1.87 bits per heavy atom. The molecular weight excluding hydrogens is 539 g/mol. The lowest BCUT2D eigenvalue weighted by Crippen LogP contribution is -2.47. The van der Waals surface area contributed by atoms with Crippen molar-refractivity contribution in [3.8, 4) is 12.1 Å². The molecule has 1 atom stereocenters. The summed E-state index contributed by atoms with van der Waals surface area (Å²) in [6.07, 6.45) is -4.65. The predicted octanol–water partition coefficient (Wildman–Crippen LogP) is 5.42. The maximum atomic E-state index is 13.5. The van der Waals surface area contributed by atoms with Crippen molar-refractivity contribution in [3.05, 3.63) is 87.0 Å². The van der Waals surface area contributed by atoms with Crippen LogP contribution in [0.4, 0.5) is 23.7 Å². The van der Waals surface area contributed by atoms with E-state index in [9.17, 15) is 36.9 Å². The number of urea groups is 1. The third-order valence-electron chi connectivity index (χ3n) is 6.02. The largest absolute Gasteiger partial charge is 0.416 e. The SMILES string of the molecule is CC1=C(C#N)C(c2ccc(C#N)cc2S(=O)(=O)Cc2cscn2)N(C)C(=O)N1c1cccc(C(F)(F)F)c1. The zero-order valence-electron chi connectivity index (χ0n) is 19.9. The van der Waals surface area contributed by atoms with Gasteiger partial charge in [-0.25, -0.2) is 18.2 Å². The number of likely N-dealkylation sites (N-methyl/N-ethyl adjacent to an activating group) is 1. The van der Waals surface area contributed by atoms with E-state index in [1.54, 1.807) is 5.38 Å². The highest BCUT2D eigenvalue weighted by Gasteiger charge is 2.41. The number of thiazole rings is 1. The molecule has 0 saturated carbocycles. The van der Waals surface area contributed by atoms with Crippen LogP contribution in [0, 0.1) is 22.7 Å². The van der Waals surface area contributed by atoms with E-state index in [-0.39, 0.29) is 33.0 Å². The van der Waals surface area contributed by atoms with Crippen LogP contribution in [-0.4, -0.2) is 31.4 Å². The van der Waals surface area contributed by atoms with Crippen molar-refractivity contribution >= 4 is 32.9 Å². The van der Waals surface area contributed by atoms with Crippen LogP contribution >= 0.6 is 11.3 Å². The highest BCUT2D eigenvalue weighted by atomic mass is 32.2. The first-order valence-electron chi connectivity index (χ1n) is 10.9. The molecule has 1 aromatic heterocycles. The molecular formula is C25H18F3N5O3S2. The van der Waals surface area contributed by atoms with E-state index < -0.39 is 39.4 Å². The number of allylic oxidation sites excluding steroid dienone is 1. The number of anilines is 1. The molecule has 2 amide bonds. The molecule has 1 aliphatic heterocycles. The Hall–Kier alpha value is -4.20. The van der Waals surface area contributed by atoms with E-state index in [2.05, 4.69) is 4.98 Å². The number of hydrogen-bond acceptors (Lipinski definition) is 7. The lowest BCUT2D eigenvalue weighted by molar-refractivity contribution is -0.137. The number of aromatic nitrogens is 1. The second-order valence-electron chi connectivity index (χ2n) is 8.39. The molecule has 38 heavy (non-hydrogen) atoms. The molecule has 13 heteroatoms. The molecule has 3 aromatic rings. The van der Waals surface area contributed by atoms with Gasteiger partial charge in [0, 0.05) is 18.1 Å². The molecule has 0 bridgehead atoms. The minimum atomic E-state index is -4.65. The fourth-order valence-electron chi connectivity index (χ4n) is 4.24. The van der Waals surface area contributed by atoms with E-state index in [1.165, 1.54) is 55.1 Å². The third-order valence-corrected chi connectivity index (χ3v) is 8.36. The summed E-state index contributed by atoms with van der Waals surface area (Å²) >= 11 is 1.21. The number of rotatable bonds is 5. The van der Waals surface area contributed by atoms with Gasteiger partial charge in [0.05, 0.1) is 62.4 Å². The molecule has 0 aliphatic carbocycles. The highest BCUT2D eigenvalue weighted by molar-refractivity contribution is 7.90. The van der Waals surface area contributed by atoms with E-state index >= 15 is 0 Å². The number of benzene rings is 2. The monoisotopic (exact) mass is 557 g/mol. The number of carbonyl (C=O) groups excluding carboxylic acids is 1. The van der Waals surface area contributed by atoms with Crippen molar-refractivity contribution in [2.45, 2.75) is 29.8 Å². The van der Waals surface area contributed by atoms with E-state index in [4.69, 9.17) is 0 Å². The van der Waals surface area contributed by atoms with E-state index in [0.29, 0.717) is 5.69 Å². The van der Waals surface area contributed by atoms with Crippen LogP contribution in [-0.2, 0) is 21.8 Å². The van der Waals surface area contributed by atoms with Crippen LogP contribution in [0.3, 0.4) is 0 Å². The standard InChI is InChI=1S/C25H18F3N5O3S2/c1-15-21(11-30)23(32(2)24(34)33(15)19-5-3-4-17(9-19)25(26,27)28)20-7-6-16(10-29)8-22(20)38(35,36)13-18-12-37-14-31-18/h3-9,12,14,23H,13H2,1-2H3. The van der Waals surface area contributed by atoms with Gasteiger partial charge in [-0.05, 0) is 42.8 Å². The van der Waals surface area contributed by atoms with Crippen LogP contribution in [0.2, 0.25) is 0 Å². The average molecular weight is 558 g/mol. The quantitative estimate of drug-likeness (QED) is 0.414. The van der Waals surface area contributed by atoms with Gasteiger partial charge in [-0.15, -0.1) is 11.3 Å². The Labute approximate surface area is 220 Å². The van der Waals surface area contributed by atoms with Gasteiger partial charge in [-0.1, -0.05) is 12.1 Å². The first-order valence-corrected chi connectivity index (χ1v) is 13.5. The number of amides is 2. The molecule has 0 spiro atoms. The van der Waals surface area contributed by atoms with Crippen LogP contribution in [0.1, 0.15) is 35.3 Å². The first-order chi connectivity index (χ1) is 17.9. The number of hydrogen-bond donors (Lipinski definition) is 0. The van der Waals surface area contributed by atoms with Crippen LogP contribution in [0.25, 0.3) is 0 Å².